The average Bonchev–Trinajstić information content (AvgIpc) is 3.18. The zero-order valence-electron chi connectivity index (χ0n) is 13.5. The van der Waals surface area contributed by atoms with Crippen LogP contribution in [0.5, 0.6) is 11.5 Å². The summed E-state index contributed by atoms with van der Waals surface area (Å²) in [6, 6.07) is 9.75. The van der Waals surface area contributed by atoms with E-state index in [-0.39, 0.29) is 11.3 Å². The van der Waals surface area contributed by atoms with Gasteiger partial charge < -0.3 is 14.4 Å². The van der Waals surface area contributed by atoms with Crippen LogP contribution in [0.15, 0.2) is 30.3 Å². The fourth-order valence-corrected chi connectivity index (χ4v) is 5.19. The maximum atomic E-state index is 12.2. The molecule has 1 aliphatic heterocycles. The lowest BCUT2D eigenvalue weighted by molar-refractivity contribution is -0.127. The summed E-state index contributed by atoms with van der Waals surface area (Å²) in [7, 11) is 3.24. The number of ether oxygens (including phenoxy) is 2. The van der Waals surface area contributed by atoms with Gasteiger partial charge in [0.05, 0.1) is 24.3 Å². The van der Waals surface area contributed by atoms with E-state index >= 15 is 0 Å². The third-order valence-corrected chi connectivity index (χ3v) is 6.57. The Morgan fingerprint density at radius 2 is 2.00 bits per heavy atom. The van der Waals surface area contributed by atoms with E-state index in [4.69, 9.17) is 21.1 Å². The number of amides is 1. The maximum absolute atomic E-state index is 12.2. The number of methoxy groups -OCH3 is 2. The number of hydrogen-bond donors (Lipinski definition) is 0. The number of nitrogens with zero attached hydrogens (tertiary/aromatic N) is 1. The molecular weight excluding hydrogens is 366 g/mol. The van der Waals surface area contributed by atoms with Crippen LogP contribution in [0.25, 0.3) is 0 Å². The van der Waals surface area contributed by atoms with Gasteiger partial charge in [-0.3, -0.25) is 4.79 Å². The summed E-state index contributed by atoms with van der Waals surface area (Å²) in [6.45, 7) is 0.668. The predicted molar refractivity (Wildman–Crippen MR) is 99.5 cm³/mol. The zero-order valence-corrected chi connectivity index (χ0v) is 15.8. The highest BCUT2D eigenvalue weighted by atomic mass is 35.5. The number of hydrogen-bond acceptors (Lipinski definition) is 5. The minimum absolute atomic E-state index is 0.0649. The number of thioether (sulfide) groups is 1. The Kier molecular flexibility index (Phi) is 5.58. The molecule has 1 unspecified atom stereocenters. The Balaban J connectivity index is 1.71. The number of carbonyl (C=O) groups excluding carboxylic acids is 1. The molecular formula is C17H18ClNO3S2. The van der Waals surface area contributed by atoms with Gasteiger partial charge in [0.2, 0.25) is 5.91 Å². The predicted octanol–water partition coefficient (Wildman–Crippen LogP) is 4.24. The SMILES string of the molecule is COc1ccc(CCN2C(=O)CSC2c2ccc(Cl)s2)cc1OC. The highest BCUT2D eigenvalue weighted by Crippen LogP contribution is 2.42. The standard InChI is InChI=1S/C17H18ClNO3S2/c1-21-12-4-3-11(9-13(12)22-2)7-8-19-16(20)10-23-17(19)14-5-6-15(18)24-14/h3-6,9,17H,7-8,10H2,1-2H3. The van der Waals surface area contributed by atoms with E-state index < -0.39 is 0 Å². The van der Waals surface area contributed by atoms with Crippen molar-refractivity contribution in [2.45, 2.75) is 11.8 Å². The lowest BCUT2D eigenvalue weighted by Gasteiger charge is -2.23. The molecule has 0 saturated carbocycles. The van der Waals surface area contributed by atoms with Gasteiger partial charge in [0.1, 0.15) is 5.37 Å². The van der Waals surface area contributed by atoms with Crippen LogP contribution in [0.4, 0.5) is 0 Å². The first kappa shape index (κ1) is 17.5. The summed E-state index contributed by atoms with van der Waals surface area (Å²) in [4.78, 5) is 15.3. The topological polar surface area (TPSA) is 38.8 Å². The first-order valence-corrected chi connectivity index (χ1v) is 9.74. The van der Waals surface area contributed by atoms with E-state index in [0.717, 1.165) is 21.2 Å². The van der Waals surface area contributed by atoms with Crippen LogP contribution in [0.2, 0.25) is 4.34 Å². The van der Waals surface area contributed by atoms with Gasteiger partial charge in [-0.05, 0) is 36.2 Å². The number of carbonyl (C=O) groups is 1. The molecule has 0 spiro atoms. The van der Waals surface area contributed by atoms with Crippen LogP contribution >= 0.6 is 34.7 Å². The monoisotopic (exact) mass is 383 g/mol. The Morgan fingerprint density at radius 3 is 2.67 bits per heavy atom. The number of thiophene rings is 1. The molecule has 2 aromatic rings. The Hall–Kier alpha value is -1.37. The van der Waals surface area contributed by atoms with Crippen molar-refractivity contribution < 1.29 is 14.3 Å². The third kappa shape index (κ3) is 3.66. The quantitative estimate of drug-likeness (QED) is 0.748. The fraction of sp³-hybridized carbons (Fsp3) is 0.353. The lowest BCUT2D eigenvalue weighted by atomic mass is 10.1. The van der Waals surface area contributed by atoms with Crippen LogP contribution in [0.1, 0.15) is 15.8 Å². The summed E-state index contributed by atoms with van der Waals surface area (Å²) >= 11 is 9.23. The molecule has 0 bridgehead atoms. The molecule has 4 nitrogen and oxygen atoms in total. The van der Waals surface area contributed by atoms with Crippen molar-refractivity contribution >= 4 is 40.6 Å². The van der Waals surface area contributed by atoms with Gasteiger partial charge >= 0.3 is 0 Å². The first-order chi connectivity index (χ1) is 11.6. The number of halogens is 1. The van der Waals surface area contributed by atoms with E-state index in [0.29, 0.717) is 23.8 Å². The molecule has 1 saturated heterocycles. The Labute approximate surface area is 154 Å². The van der Waals surface area contributed by atoms with Crippen LogP contribution in [-0.2, 0) is 11.2 Å². The van der Waals surface area contributed by atoms with Gasteiger partial charge in [-0.1, -0.05) is 17.7 Å². The molecule has 0 radical (unpaired) electrons. The Bertz CT molecular complexity index is 734. The van der Waals surface area contributed by atoms with Gasteiger partial charge in [0, 0.05) is 11.4 Å². The largest absolute Gasteiger partial charge is 0.493 e. The van der Waals surface area contributed by atoms with Crippen LogP contribution in [0.3, 0.4) is 0 Å². The summed E-state index contributed by atoms with van der Waals surface area (Å²) < 4.78 is 11.4. The Morgan fingerprint density at radius 1 is 1.21 bits per heavy atom. The molecule has 1 aromatic heterocycles. The van der Waals surface area contributed by atoms with Crippen LogP contribution in [0, 0.1) is 0 Å². The minimum atomic E-state index is 0.0649. The highest BCUT2D eigenvalue weighted by molar-refractivity contribution is 8.00. The maximum Gasteiger partial charge on any atom is 0.233 e. The van der Waals surface area contributed by atoms with E-state index in [9.17, 15) is 4.79 Å². The smallest absolute Gasteiger partial charge is 0.233 e. The van der Waals surface area contributed by atoms with Crippen molar-refractivity contribution in [2.24, 2.45) is 0 Å². The second-order valence-electron chi connectivity index (χ2n) is 5.33. The average molecular weight is 384 g/mol. The van der Waals surface area contributed by atoms with Crippen LogP contribution < -0.4 is 9.47 Å². The van der Waals surface area contributed by atoms with E-state index in [1.807, 2.05) is 35.2 Å². The molecule has 24 heavy (non-hydrogen) atoms. The van der Waals surface area contributed by atoms with Crippen molar-refractivity contribution in [3.63, 3.8) is 0 Å². The van der Waals surface area contributed by atoms with Gasteiger partial charge in [-0.2, -0.15) is 0 Å². The normalized spacial score (nSPS) is 17.4. The molecule has 0 aliphatic carbocycles. The van der Waals surface area contributed by atoms with Crippen molar-refractivity contribution in [2.75, 3.05) is 26.5 Å². The van der Waals surface area contributed by atoms with Crippen LogP contribution in [-0.4, -0.2) is 37.3 Å². The number of benzene rings is 1. The van der Waals surface area contributed by atoms with Crippen molar-refractivity contribution in [1.82, 2.24) is 4.90 Å². The van der Waals surface area contributed by atoms with Gasteiger partial charge in [-0.15, -0.1) is 23.1 Å². The summed E-state index contributed by atoms with van der Waals surface area (Å²) in [5.41, 5.74) is 1.11. The molecule has 7 heteroatoms. The summed E-state index contributed by atoms with van der Waals surface area (Å²) in [5, 5.41) is 0.0649. The molecule has 3 rings (SSSR count). The molecule has 0 N–H and O–H groups in total. The van der Waals surface area contributed by atoms with Gasteiger partial charge in [0.25, 0.3) is 0 Å². The van der Waals surface area contributed by atoms with E-state index in [1.54, 1.807) is 26.0 Å². The molecule has 1 amide bonds. The molecule has 128 valence electrons. The second kappa shape index (κ2) is 7.68. The molecule has 1 atom stereocenters. The van der Waals surface area contributed by atoms with E-state index in [1.165, 1.54) is 11.3 Å². The summed E-state index contributed by atoms with van der Waals surface area (Å²) in [5.74, 6) is 2.11. The van der Waals surface area contributed by atoms with Crippen molar-refractivity contribution in [1.29, 1.82) is 0 Å². The highest BCUT2D eigenvalue weighted by Gasteiger charge is 2.33. The van der Waals surface area contributed by atoms with E-state index in [2.05, 4.69) is 0 Å². The van der Waals surface area contributed by atoms with Crippen molar-refractivity contribution in [3.05, 3.63) is 45.1 Å². The fourth-order valence-electron chi connectivity index (χ4n) is 2.68. The summed E-state index contributed by atoms with van der Waals surface area (Å²) in [6.07, 6.45) is 0.766. The van der Waals surface area contributed by atoms with Gasteiger partial charge in [-0.25, -0.2) is 0 Å². The molecule has 1 fully saturated rings. The minimum Gasteiger partial charge on any atom is -0.493 e. The lowest BCUT2D eigenvalue weighted by Crippen LogP contribution is -2.30. The third-order valence-electron chi connectivity index (χ3n) is 3.89. The zero-order chi connectivity index (χ0) is 17.1. The second-order valence-corrected chi connectivity index (χ2v) is 8.15. The number of rotatable bonds is 6. The molecule has 1 aromatic carbocycles. The van der Waals surface area contributed by atoms with Gasteiger partial charge in [0.15, 0.2) is 11.5 Å². The van der Waals surface area contributed by atoms with Crippen molar-refractivity contribution in [3.8, 4) is 11.5 Å². The molecule has 1 aliphatic rings. The molecule has 2 heterocycles. The first-order valence-electron chi connectivity index (χ1n) is 7.49.